The van der Waals surface area contributed by atoms with Crippen molar-refractivity contribution >= 4 is 11.0 Å². The Morgan fingerprint density at radius 1 is 1.35 bits per heavy atom. The van der Waals surface area contributed by atoms with Gasteiger partial charge in [-0.1, -0.05) is 12.1 Å². The number of hydrogen-bond donors (Lipinski definition) is 2. The second-order valence-electron chi connectivity index (χ2n) is 5.21. The number of benzene rings is 1. The van der Waals surface area contributed by atoms with Crippen LogP contribution in [0.4, 0.5) is 0 Å². The lowest BCUT2D eigenvalue weighted by Gasteiger charge is -2.18. The Bertz CT molecular complexity index is 550. The van der Waals surface area contributed by atoms with E-state index in [1.165, 1.54) is 5.52 Å². The Morgan fingerprint density at radius 3 is 2.75 bits per heavy atom. The van der Waals surface area contributed by atoms with Gasteiger partial charge in [-0.05, 0) is 32.9 Å². The molecule has 5 heteroatoms. The SMILES string of the molecule is CCn1c(CC(COC(C)C)NN)nc2ccccc21. The molecule has 0 amide bonds. The summed E-state index contributed by atoms with van der Waals surface area (Å²) in [6.45, 7) is 7.66. The zero-order valence-electron chi connectivity index (χ0n) is 12.5. The minimum Gasteiger partial charge on any atom is -0.377 e. The summed E-state index contributed by atoms with van der Waals surface area (Å²) in [5.41, 5.74) is 5.03. The van der Waals surface area contributed by atoms with Gasteiger partial charge in [0.05, 0.1) is 29.8 Å². The van der Waals surface area contributed by atoms with Gasteiger partial charge in [0.2, 0.25) is 0 Å². The Morgan fingerprint density at radius 2 is 2.10 bits per heavy atom. The average Bonchev–Trinajstić information content (AvgIpc) is 2.80. The van der Waals surface area contributed by atoms with Crippen molar-refractivity contribution < 1.29 is 4.74 Å². The molecule has 110 valence electrons. The maximum absolute atomic E-state index is 5.64. The Labute approximate surface area is 120 Å². The molecular weight excluding hydrogens is 252 g/mol. The standard InChI is InChI=1S/C15H24N4O/c1-4-19-14-8-6-5-7-13(14)17-15(19)9-12(18-16)10-20-11(2)3/h5-8,11-12,18H,4,9-10,16H2,1-3H3. The highest BCUT2D eigenvalue weighted by atomic mass is 16.5. The monoisotopic (exact) mass is 276 g/mol. The Balaban J connectivity index is 2.19. The van der Waals surface area contributed by atoms with Gasteiger partial charge in [-0.2, -0.15) is 0 Å². The van der Waals surface area contributed by atoms with Crippen molar-refractivity contribution in [3.8, 4) is 0 Å². The van der Waals surface area contributed by atoms with Gasteiger partial charge in [-0.25, -0.2) is 4.98 Å². The number of rotatable bonds is 7. The third-order valence-electron chi connectivity index (χ3n) is 3.35. The van der Waals surface area contributed by atoms with Crippen LogP contribution >= 0.6 is 0 Å². The molecule has 1 aromatic carbocycles. The van der Waals surface area contributed by atoms with Crippen molar-refractivity contribution in [3.05, 3.63) is 30.1 Å². The van der Waals surface area contributed by atoms with Crippen LogP contribution in [0, 0.1) is 0 Å². The van der Waals surface area contributed by atoms with Crippen LogP contribution in [0.25, 0.3) is 11.0 Å². The molecule has 5 nitrogen and oxygen atoms in total. The molecule has 0 bridgehead atoms. The zero-order chi connectivity index (χ0) is 14.5. The van der Waals surface area contributed by atoms with E-state index >= 15 is 0 Å². The molecule has 3 N–H and O–H groups in total. The molecule has 1 unspecified atom stereocenters. The smallest absolute Gasteiger partial charge is 0.111 e. The van der Waals surface area contributed by atoms with E-state index in [9.17, 15) is 0 Å². The van der Waals surface area contributed by atoms with E-state index in [1.54, 1.807) is 0 Å². The van der Waals surface area contributed by atoms with E-state index in [0.717, 1.165) is 24.3 Å². The van der Waals surface area contributed by atoms with Crippen molar-refractivity contribution in [1.29, 1.82) is 0 Å². The van der Waals surface area contributed by atoms with Gasteiger partial charge in [0.15, 0.2) is 0 Å². The number of nitrogens with zero attached hydrogens (tertiary/aromatic N) is 2. The number of para-hydroxylation sites is 2. The molecular formula is C15H24N4O. The van der Waals surface area contributed by atoms with E-state index < -0.39 is 0 Å². The molecule has 20 heavy (non-hydrogen) atoms. The summed E-state index contributed by atoms with van der Waals surface area (Å²) >= 11 is 0. The summed E-state index contributed by atoms with van der Waals surface area (Å²) in [5.74, 6) is 6.67. The number of hydrazine groups is 1. The summed E-state index contributed by atoms with van der Waals surface area (Å²) in [4.78, 5) is 4.71. The highest BCUT2D eigenvalue weighted by Gasteiger charge is 2.15. The number of nitrogens with two attached hydrogens (primary N) is 1. The zero-order valence-corrected chi connectivity index (χ0v) is 12.5. The molecule has 0 radical (unpaired) electrons. The number of ether oxygens (including phenoxy) is 1. The van der Waals surface area contributed by atoms with Gasteiger partial charge >= 0.3 is 0 Å². The van der Waals surface area contributed by atoms with E-state index in [2.05, 4.69) is 23.0 Å². The van der Waals surface area contributed by atoms with Gasteiger partial charge < -0.3 is 9.30 Å². The predicted molar refractivity (Wildman–Crippen MR) is 81.3 cm³/mol. The first-order valence-electron chi connectivity index (χ1n) is 7.17. The van der Waals surface area contributed by atoms with Gasteiger partial charge in [-0.3, -0.25) is 11.3 Å². The van der Waals surface area contributed by atoms with Crippen molar-refractivity contribution in [2.45, 2.75) is 45.9 Å². The first-order chi connectivity index (χ1) is 9.65. The molecule has 0 aliphatic carbocycles. The van der Waals surface area contributed by atoms with Gasteiger partial charge in [0.1, 0.15) is 5.82 Å². The van der Waals surface area contributed by atoms with Crippen LogP contribution in [-0.2, 0) is 17.7 Å². The summed E-state index contributed by atoms with van der Waals surface area (Å²) in [5, 5.41) is 0. The average molecular weight is 276 g/mol. The number of imidazole rings is 1. The van der Waals surface area contributed by atoms with Crippen molar-refractivity contribution in [2.24, 2.45) is 5.84 Å². The van der Waals surface area contributed by atoms with Crippen LogP contribution < -0.4 is 11.3 Å². The Kier molecular flexibility index (Phi) is 5.11. The number of fused-ring (bicyclic) bond motifs is 1. The summed E-state index contributed by atoms with van der Waals surface area (Å²) in [6.07, 6.45) is 0.960. The molecule has 1 heterocycles. The maximum Gasteiger partial charge on any atom is 0.111 e. The van der Waals surface area contributed by atoms with Crippen LogP contribution in [0.15, 0.2) is 24.3 Å². The number of nitrogens with one attached hydrogen (secondary N) is 1. The van der Waals surface area contributed by atoms with Crippen LogP contribution in [0.5, 0.6) is 0 Å². The number of aromatic nitrogens is 2. The highest BCUT2D eigenvalue weighted by molar-refractivity contribution is 5.75. The second kappa shape index (κ2) is 6.83. The third-order valence-corrected chi connectivity index (χ3v) is 3.35. The minimum absolute atomic E-state index is 0.0690. The van der Waals surface area contributed by atoms with Crippen LogP contribution in [0.3, 0.4) is 0 Å². The quantitative estimate of drug-likeness (QED) is 0.598. The first kappa shape index (κ1) is 15.0. The molecule has 2 rings (SSSR count). The predicted octanol–water partition coefficient (Wildman–Crippen LogP) is 1.86. The topological polar surface area (TPSA) is 65.1 Å². The lowest BCUT2D eigenvalue weighted by molar-refractivity contribution is 0.0608. The summed E-state index contributed by atoms with van der Waals surface area (Å²) < 4.78 is 7.87. The fourth-order valence-corrected chi connectivity index (χ4v) is 2.33. The van der Waals surface area contributed by atoms with E-state index in [1.807, 2.05) is 32.0 Å². The second-order valence-corrected chi connectivity index (χ2v) is 5.21. The van der Waals surface area contributed by atoms with Crippen LogP contribution in [0.1, 0.15) is 26.6 Å². The van der Waals surface area contributed by atoms with E-state index in [4.69, 9.17) is 15.6 Å². The molecule has 0 spiro atoms. The van der Waals surface area contributed by atoms with Crippen molar-refractivity contribution in [2.75, 3.05) is 6.61 Å². The fraction of sp³-hybridized carbons (Fsp3) is 0.533. The minimum atomic E-state index is 0.0690. The van der Waals surface area contributed by atoms with Gasteiger partial charge in [0, 0.05) is 13.0 Å². The highest BCUT2D eigenvalue weighted by Crippen LogP contribution is 2.17. The molecule has 0 saturated carbocycles. The van der Waals surface area contributed by atoms with Crippen molar-refractivity contribution in [1.82, 2.24) is 15.0 Å². The van der Waals surface area contributed by atoms with Gasteiger partial charge in [-0.15, -0.1) is 0 Å². The molecule has 2 aromatic rings. The van der Waals surface area contributed by atoms with E-state index in [-0.39, 0.29) is 12.1 Å². The summed E-state index contributed by atoms with van der Waals surface area (Å²) in [6, 6.07) is 8.27. The lowest BCUT2D eigenvalue weighted by Crippen LogP contribution is -2.41. The maximum atomic E-state index is 5.64. The molecule has 0 fully saturated rings. The fourth-order valence-electron chi connectivity index (χ4n) is 2.33. The summed E-state index contributed by atoms with van der Waals surface area (Å²) in [7, 11) is 0. The van der Waals surface area contributed by atoms with Gasteiger partial charge in [0.25, 0.3) is 0 Å². The number of aryl methyl sites for hydroxylation is 1. The van der Waals surface area contributed by atoms with E-state index in [0.29, 0.717) is 6.61 Å². The first-order valence-corrected chi connectivity index (χ1v) is 7.17. The number of hydrogen-bond acceptors (Lipinski definition) is 4. The lowest BCUT2D eigenvalue weighted by atomic mass is 10.2. The molecule has 0 aliphatic rings. The largest absolute Gasteiger partial charge is 0.377 e. The van der Waals surface area contributed by atoms with Crippen molar-refractivity contribution in [3.63, 3.8) is 0 Å². The molecule has 0 saturated heterocycles. The molecule has 1 aromatic heterocycles. The third kappa shape index (κ3) is 3.36. The van der Waals surface area contributed by atoms with Crippen LogP contribution in [0.2, 0.25) is 0 Å². The molecule has 0 aliphatic heterocycles. The molecule has 1 atom stereocenters. The normalized spacial score (nSPS) is 13.2. The van der Waals surface area contributed by atoms with Crippen LogP contribution in [-0.4, -0.2) is 28.3 Å². The Hall–Kier alpha value is -1.43.